The van der Waals surface area contributed by atoms with Crippen LogP contribution in [0.15, 0.2) is 29.5 Å². The van der Waals surface area contributed by atoms with Crippen LogP contribution in [0.4, 0.5) is 0 Å². The summed E-state index contributed by atoms with van der Waals surface area (Å²) in [5.74, 6) is 0. The Morgan fingerprint density at radius 1 is 1.79 bits per heavy atom. The Hall–Kier alpha value is -1.87. The van der Waals surface area contributed by atoms with Gasteiger partial charge in [-0.2, -0.15) is 0 Å². The first-order valence-corrected chi connectivity index (χ1v) is 4.43. The van der Waals surface area contributed by atoms with Gasteiger partial charge >= 0.3 is 0 Å². The van der Waals surface area contributed by atoms with Crippen LogP contribution in [0.1, 0.15) is 12.6 Å². The summed E-state index contributed by atoms with van der Waals surface area (Å²) in [6.45, 7) is 3.05. The Labute approximate surface area is 82.5 Å². The van der Waals surface area contributed by atoms with Crippen LogP contribution in [0, 0.1) is 0 Å². The van der Waals surface area contributed by atoms with Gasteiger partial charge in [-0.3, -0.25) is 0 Å². The van der Waals surface area contributed by atoms with Crippen LogP contribution in [0.25, 0.3) is 16.1 Å². The van der Waals surface area contributed by atoms with Crippen molar-refractivity contribution in [3.63, 3.8) is 0 Å². The molecule has 5 heteroatoms. The Morgan fingerprint density at radius 2 is 2.64 bits per heavy atom. The summed E-state index contributed by atoms with van der Waals surface area (Å²) in [5, 5.41) is 6.61. The van der Waals surface area contributed by atoms with Crippen molar-refractivity contribution < 1.29 is 0 Å². The molecule has 0 bridgehead atoms. The van der Waals surface area contributed by atoms with Gasteiger partial charge in [0, 0.05) is 24.2 Å². The molecule has 0 unspecified atom stereocenters. The van der Waals surface area contributed by atoms with Crippen LogP contribution in [0.3, 0.4) is 0 Å². The maximum Gasteiger partial charge on any atom is 0.0612 e. The Balaban J connectivity index is 2.45. The first-order valence-electron chi connectivity index (χ1n) is 4.43. The predicted molar refractivity (Wildman–Crippen MR) is 56.5 cm³/mol. The van der Waals surface area contributed by atoms with Gasteiger partial charge < -0.3 is 10.3 Å². The van der Waals surface area contributed by atoms with Crippen molar-refractivity contribution in [1.82, 2.24) is 10.3 Å². The fourth-order valence-corrected chi connectivity index (χ4v) is 1.14. The minimum Gasteiger partial charge on any atom is -0.384 e. The summed E-state index contributed by atoms with van der Waals surface area (Å²) in [4.78, 5) is 5.77. The molecule has 0 radical (unpaired) electrons. The summed E-state index contributed by atoms with van der Waals surface area (Å²) >= 11 is 0. The minimum atomic E-state index is 0.453. The van der Waals surface area contributed by atoms with Gasteiger partial charge in [0.2, 0.25) is 0 Å². The zero-order chi connectivity index (χ0) is 10.2. The largest absolute Gasteiger partial charge is 0.384 e. The number of hydrogen-bond donors (Lipinski definition) is 2. The van der Waals surface area contributed by atoms with E-state index in [-0.39, 0.29) is 0 Å². The van der Waals surface area contributed by atoms with Crippen LogP contribution < -0.4 is 5.32 Å². The minimum absolute atomic E-state index is 0.453. The van der Waals surface area contributed by atoms with E-state index in [1.807, 2.05) is 31.3 Å². The lowest BCUT2D eigenvalue weighted by Crippen LogP contribution is -2.15. The van der Waals surface area contributed by atoms with Crippen LogP contribution in [-0.2, 0) is 0 Å². The van der Waals surface area contributed by atoms with E-state index < -0.39 is 0 Å². The normalized spacial score (nSPS) is 10.8. The van der Waals surface area contributed by atoms with Crippen molar-refractivity contribution in [2.24, 2.45) is 5.11 Å². The molecule has 0 saturated heterocycles. The van der Waals surface area contributed by atoms with Crippen molar-refractivity contribution in [1.29, 1.82) is 0 Å². The van der Waals surface area contributed by atoms with Crippen molar-refractivity contribution in [2.75, 3.05) is 13.1 Å². The fraction of sp³-hybridized carbons (Fsp3) is 0.333. The zero-order valence-electron chi connectivity index (χ0n) is 8.07. The van der Waals surface area contributed by atoms with Crippen molar-refractivity contribution >= 4 is 5.70 Å². The van der Waals surface area contributed by atoms with Crippen LogP contribution >= 0.6 is 0 Å². The van der Waals surface area contributed by atoms with E-state index in [1.54, 1.807) is 0 Å². The first kappa shape index (κ1) is 10.2. The topological polar surface area (TPSA) is 76.6 Å². The van der Waals surface area contributed by atoms with Gasteiger partial charge in [0.1, 0.15) is 0 Å². The van der Waals surface area contributed by atoms with Crippen molar-refractivity contribution in [3.05, 3.63) is 40.5 Å². The number of aromatic nitrogens is 1. The quantitative estimate of drug-likeness (QED) is 0.318. The highest BCUT2D eigenvalue weighted by Gasteiger charge is 1.98. The molecule has 0 fully saturated rings. The van der Waals surface area contributed by atoms with Crippen LogP contribution in [0.5, 0.6) is 0 Å². The summed E-state index contributed by atoms with van der Waals surface area (Å²) in [6, 6.07) is 3.92. The van der Waals surface area contributed by atoms with Crippen molar-refractivity contribution in [3.8, 4) is 0 Å². The summed E-state index contributed by atoms with van der Waals surface area (Å²) in [5.41, 5.74) is 10.1. The molecule has 1 heterocycles. The molecule has 0 saturated carbocycles. The van der Waals surface area contributed by atoms with E-state index in [0.29, 0.717) is 13.1 Å². The van der Waals surface area contributed by atoms with Crippen LogP contribution in [0.2, 0.25) is 0 Å². The molecule has 1 rings (SSSR count). The molecule has 0 aromatic carbocycles. The summed E-state index contributed by atoms with van der Waals surface area (Å²) in [6.07, 6.45) is 3.84. The lowest BCUT2D eigenvalue weighted by molar-refractivity contribution is 0.848. The number of H-pyrrole nitrogens is 1. The number of rotatable bonds is 5. The van der Waals surface area contributed by atoms with E-state index in [4.69, 9.17) is 5.53 Å². The molecule has 0 aliphatic heterocycles. The highest BCUT2D eigenvalue weighted by molar-refractivity contribution is 5.60. The third kappa shape index (κ3) is 2.88. The molecule has 0 spiro atoms. The average Bonchev–Trinajstić information content (AvgIpc) is 2.71. The SMILES string of the molecule is C/C=C(\NCCN=[N+]=[N-])c1ccc[nH]1. The molecule has 1 aromatic rings. The highest BCUT2D eigenvalue weighted by Crippen LogP contribution is 2.06. The number of azide groups is 1. The van der Waals surface area contributed by atoms with Gasteiger partial charge in [-0.15, -0.1) is 0 Å². The summed E-state index contributed by atoms with van der Waals surface area (Å²) in [7, 11) is 0. The molecule has 0 aliphatic rings. The second-order valence-corrected chi connectivity index (χ2v) is 2.67. The number of nitrogens with zero attached hydrogens (tertiary/aromatic N) is 3. The first-order chi connectivity index (χ1) is 6.88. The van der Waals surface area contributed by atoms with E-state index in [1.165, 1.54) is 0 Å². The number of nitrogens with one attached hydrogen (secondary N) is 2. The molecule has 5 nitrogen and oxygen atoms in total. The monoisotopic (exact) mass is 191 g/mol. The lowest BCUT2D eigenvalue weighted by atomic mass is 10.3. The van der Waals surface area contributed by atoms with Gasteiger partial charge in [-0.05, 0) is 24.6 Å². The Morgan fingerprint density at radius 3 is 3.21 bits per heavy atom. The molecule has 0 atom stereocenters. The smallest absolute Gasteiger partial charge is 0.0612 e. The molecule has 0 aliphatic carbocycles. The average molecular weight is 191 g/mol. The summed E-state index contributed by atoms with van der Waals surface area (Å²) < 4.78 is 0. The molecule has 74 valence electrons. The standard InChI is InChI=1S/C9H13N5/c1-2-8(9-4-3-5-11-9)12-6-7-13-14-10/h2-5,11-12H,6-7H2,1H3/b8-2-. The van der Waals surface area contributed by atoms with Gasteiger partial charge in [0.15, 0.2) is 0 Å². The predicted octanol–water partition coefficient (Wildman–Crippen LogP) is 2.28. The highest BCUT2D eigenvalue weighted by atomic mass is 15.1. The van der Waals surface area contributed by atoms with Gasteiger partial charge in [-0.1, -0.05) is 11.2 Å². The Kier molecular flexibility index (Phi) is 4.17. The molecule has 0 amide bonds. The maximum absolute atomic E-state index is 8.08. The number of hydrogen-bond acceptors (Lipinski definition) is 2. The molecular weight excluding hydrogens is 178 g/mol. The number of allylic oxidation sites excluding steroid dienone is 1. The zero-order valence-corrected chi connectivity index (χ0v) is 8.07. The van der Waals surface area contributed by atoms with Crippen molar-refractivity contribution in [2.45, 2.75) is 6.92 Å². The molecule has 14 heavy (non-hydrogen) atoms. The van der Waals surface area contributed by atoms with Gasteiger partial charge in [0.25, 0.3) is 0 Å². The third-order valence-corrected chi connectivity index (χ3v) is 1.77. The number of aromatic amines is 1. The third-order valence-electron chi connectivity index (χ3n) is 1.77. The molecular formula is C9H13N5. The second-order valence-electron chi connectivity index (χ2n) is 2.67. The van der Waals surface area contributed by atoms with Crippen LogP contribution in [-0.4, -0.2) is 18.1 Å². The van der Waals surface area contributed by atoms with E-state index in [9.17, 15) is 0 Å². The molecule has 2 N–H and O–H groups in total. The Bertz CT molecular complexity index is 332. The van der Waals surface area contributed by atoms with Gasteiger partial charge in [0.05, 0.1) is 11.4 Å². The van der Waals surface area contributed by atoms with E-state index in [0.717, 1.165) is 11.4 Å². The van der Waals surface area contributed by atoms with E-state index >= 15 is 0 Å². The maximum atomic E-state index is 8.08. The molecule has 1 aromatic heterocycles. The lowest BCUT2D eigenvalue weighted by Gasteiger charge is -2.06. The fourth-order valence-electron chi connectivity index (χ4n) is 1.14. The van der Waals surface area contributed by atoms with E-state index in [2.05, 4.69) is 20.3 Å². The second kappa shape index (κ2) is 5.72. The van der Waals surface area contributed by atoms with Gasteiger partial charge in [-0.25, -0.2) is 0 Å².